The van der Waals surface area contributed by atoms with E-state index in [1.54, 1.807) is 12.1 Å². The summed E-state index contributed by atoms with van der Waals surface area (Å²) in [6.07, 6.45) is 1.38. The van der Waals surface area contributed by atoms with Crippen molar-refractivity contribution in [3.63, 3.8) is 0 Å². The number of carbonyl (C=O) groups excluding carboxylic acids is 1. The summed E-state index contributed by atoms with van der Waals surface area (Å²) in [5.74, 6) is -0.655. The molecule has 2 aromatic carbocycles. The molecule has 0 spiro atoms. The number of aryl methyl sites for hydroxylation is 1. The van der Waals surface area contributed by atoms with Gasteiger partial charge >= 0.3 is 0 Å². The Morgan fingerprint density at radius 1 is 1.14 bits per heavy atom. The van der Waals surface area contributed by atoms with Crippen molar-refractivity contribution >= 4 is 33.1 Å². The first kappa shape index (κ1) is 18.1. The van der Waals surface area contributed by atoms with E-state index < -0.39 is 0 Å². The minimum absolute atomic E-state index is 0.144. The van der Waals surface area contributed by atoms with Crippen LogP contribution in [0.4, 0.5) is 10.1 Å². The van der Waals surface area contributed by atoms with E-state index in [9.17, 15) is 14.0 Å². The van der Waals surface area contributed by atoms with Gasteiger partial charge in [0, 0.05) is 16.6 Å². The Morgan fingerprint density at radius 2 is 1.86 bits per heavy atom. The van der Waals surface area contributed by atoms with E-state index >= 15 is 0 Å². The molecule has 5 nitrogen and oxygen atoms in total. The number of anilines is 1. The molecule has 0 fully saturated rings. The van der Waals surface area contributed by atoms with E-state index in [2.05, 4.69) is 10.3 Å². The zero-order valence-electron chi connectivity index (χ0n) is 15.0. The average Bonchev–Trinajstić information content (AvgIpc) is 3.11. The van der Waals surface area contributed by atoms with E-state index in [4.69, 9.17) is 0 Å². The zero-order chi connectivity index (χ0) is 19.7. The Balaban J connectivity index is 1.64. The molecule has 1 N–H and O–H groups in total. The molecular formula is C21H16FN3O2S. The highest BCUT2D eigenvalue weighted by molar-refractivity contribution is 7.17. The maximum atomic E-state index is 13.2. The van der Waals surface area contributed by atoms with Gasteiger partial charge in [-0.1, -0.05) is 29.8 Å². The monoisotopic (exact) mass is 393 g/mol. The molecule has 0 saturated carbocycles. The Bertz CT molecular complexity index is 1210. The summed E-state index contributed by atoms with van der Waals surface area (Å²) in [5.41, 5.74) is 2.87. The van der Waals surface area contributed by atoms with Gasteiger partial charge in [-0.05, 0) is 36.8 Å². The van der Waals surface area contributed by atoms with Crippen molar-refractivity contribution in [3.05, 3.63) is 82.0 Å². The van der Waals surface area contributed by atoms with Gasteiger partial charge in [0.2, 0.25) is 5.91 Å². The van der Waals surface area contributed by atoms with Crippen LogP contribution in [0.2, 0.25) is 0 Å². The second-order valence-corrected chi connectivity index (χ2v) is 7.29. The number of nitrogens with zero attached hydrogens (tertiary/aromatic N) is 2. The highest BCUT2D eigenvalue weighted by atomic mass is 32.1. The quantitative estimate of drug-likeness (QED) is 0.565. The van der Waals surface area contributed by atoms with Gasteiger partial charge in [0.05, 0.1) is 11.7 Å². The molecule has 0 atom stereocenters. The third-order valence-electron chi connectivity index (χ3n) is 4.37. The van der Waals surface area contributed by atoms with Crippen LogP contribution in [0.3, 0.4) is 0 Å². The predicted octanol–water partition coefficient (Wildman–Crippen LogP) is 4.21. The summed E-state index contributed by atoms with van der Waals surface area (Å²) in [5, 5.41) is 5.03. The van der Waals surface area contributed by atoms with Crippen LogP contribution in [-0.4, -0.2) is 15.5 Å². The lowest BCUT2D eigenvalue weighted by Crippen LogP contribution is -2.27. The van der Waals surface area contributed by atoms with E-state index in [0.717, 1.165) is 11.1 Å². The number of benzene rings is 2. The van der Waals surface area contributed by atoms with Crippen molar-refractivity contribution in [2.24, 2.45) is 0 Å². The second-order valence-electron chi connectivity index (χ2n) is 6.43. The van der Waals surface area contributed by atoms with Crippen molar-refractivity contribution in [1.82, 2.24) is 9.55 Å². The van der Waals surface area contributed by atoms with Crippen molar-refractivity contribution in [1.29, 1.82) is 0 Å². The molecular weight excluding hydrogens is 377 g/mol. The van der Waals surface area contributed by atoms with Crippen molar-refractivity contribution in [2.45, 2.75) is 13.5 Å². The van der Waals surface area contributed by atoms with Crippen LogP contribution in [0.25, 0.3) is 21.3 Å². The molecule has 0 aliphatic heterocycles. The fourth-order valence-electron chi connectivity index (χ4n) is 2.91. The number of fused-ring (bicyclic) bond motifs is 1. The smallest absolute Gasteiger partial charge is 0.263 e. The van der Waals surface area contributed by atoms with Gasteiger partial charge in [0.15, 0.2) is 0 Å². The third kappa shape index (κ3) is 3.57. The normalized spacial score (nSPS) is 10.9. The lowest BCUT2D eigenvalue weighted by Gasteiger charge is -2.08. The number of carbonyl (C=O) groups is 1. The lowest BCUT2D eigenvalue weighted by atomic mass is 10.1. The Labute approximate surface area is 164 Å². The van der Waals surface area contributed by atoms with Gasteiger partial charge in [-0.25, -0.2) is 9.37 Å². The average molecular weight is 393 g/mol. The summed E-state index contributed by atoms with van der Waals surface area (Å²) >= 11 is 1.34. The van der Waals surface area contributed by atoms with Crippen molar-refractivity contribution < 1.29 is 9.18 Å². The molecule has 0 saturated heterocycles. The summed E-state index contributed by atoms with van der Waals surface area (Å²) < 4.78 is 14.5. The van der Waals surface area contributed by atoms with Gasteiger partial charge in [0.25, 0.3) is 5.56 Å². The number of halogens is 1. The van der Waals surface area contributed by atoms with Crippen molar-refractivity contribution in [3.8, 4) is 11.1 Å². The highest BCUT2D eigenvalue weighted by Crippen LogP contribution is 2.30. The second kappa shape index (κ2) is 7.36. The standard InChI is InChI=1S/C21H16FN3O2S/c1-13-2-8-16(9-3-13)24-18(26)10-25-12-23-20-19(21(25)27)17(11-28-20)14-4-6-15(22)7-5-14/h2-9,11-12H,10H2,1H3,(H,24,26). The number of rotatable bonds is 4. The maximum Gasteiger partial charge on any atom is 0.263 e. The van der Waals surface area contributed by atoms with Crippen LogP contribution in [0.5, 0.6) is 0 Å². The molecule has 0 unspecified atom stereocenters. The van der Waals surface area contributed by atoms with Gasteiger partial charge in [-0.3, -0.25) is 14.2 Å². The molecule has 2 heterocycles. The van der Waals surface area contributed by atoms with Crippen LogP contribution in [-0.2, 0) is 11.3 Å². The summed E-state index contributed by atoms with van der Waals surface area (Å²) in [7, 11) is 0. The minimum Gasteiger partial charge on any atom is -0.325 e. The number of nitrogens with one attached hydrogen (secondary N) is 1. The van der Waals surface area contributed by atoms with Gasteiger partial charge in [-0.15, -0.1) is 11.3 Å². The van der Waals surface area contributed by atoms with Gasteiger partial charge in [0.1, 0.15) is 17.2 Å². The topological polar surface area (TPSA) is 64.0 Å². The molecule has 28 heavy (non-hydrogen) atoms. The summed E-state index contributed by atoms with van der Waals surface area (Å²) in [4.78, 5) is 30.2. The van der Waals surface area contributed by atoms with Crippen LogP contribution in [0.1, 0.15) is 5.56 Å². The van der Waals surface area contributed by atoms with E-state index in [-0.39, 0.29) is 23.8 Å². The van der Waals surface area contributed by atoms with E-state index in [1.807, 2.05) is 36.6 Å². The molecule has 4 rings (SSSR count). The summed E-state index contributed by atoms with van der Waals surface area (Å²) in [6.45, 7) is 1.82. The fourth-order valence-corrected chi connectivity index (χ4v) is 3.82. The molecule has 7 heteroatoms. The Hall–Kier alpha value is -3.32. The minimum atomic E-state index is -0.341. The zero-order valence-corrected chi connectivity index (χ0v) is 15.8. The Morgan fingerprint density at radius 3 is 2.57 bits per heavy atom. The third-order valence-corrected chi connectivity index (χ3v) is 5.25. The lowest BCUT2D eigenvalue weighted by molar-refractivity contribution is -0.116. The largest absolute Gasteiger partial charge is 0.325 e. The molecule has 2 aromatic heterocycles. The first-order valence-corrected chi connectivity index (χ1v) is 9.48. The summed E-state index contributed by atoms with van der Waals surface area (Å²) in [6, 6.07) is 13.4. The SMILES string of the molecule is Cc1ccc(NC(=O)Cn2cnc3scc(-c4ccc(F)cc4)c3c2=O)cc1. The van der Waals surface area contributed by atoms with Crippen LogP contribution >= 0.6 is 11.3 Å². The van der Waals surface area contributed by atoms with Crippen molar-refractivity contribution in [2.75, 3.05) is 5.32 Å². The first-order chi connectivity index (χ1) is 13.5. The molecule has 0 aliphatic carbocycles. The molecule has 0 radical (unpaired) electrons. The van der Waals surface area contributed by atoms with E-state index in [1.165, 1.54) is 34.4 Å². The number of hydrogen-bond donors (Lipinski definition) is 1. The number of aromatic nitrogens is 2. The first-order valence-electron chi connectivity index (χ1n) is 8.60. The Kier molecular flexibility index (Phi) is 4.75. The van der Waals surface area contributed by atoms with Crippen LogP contribution in [0, 0.1) is 12.7 Å². The molecule has 1 amide bonds. The van der Waals surface area contributed by atoms with Gasteiger partial charge in [-0.2, -0.15) is 0 Å². The number of hydrogen-bond acceptors (Lipinski definition) is 4. The predicted molar refractivity (Wildman–Crippen MR) is 109 cm³/mol. The number of amides is 1. The van der Waals surface area contributed by atoms with Crippen LogP contribution in [0.15, 0.2) is 65.0 Å². The molecule has 4 aromatic rings. The maximum absolute atomic E-state index is 13.2. The van der Waals surface area contributed by atoms with Gasteiger partial charge < -0.3 is 5.32 Å². The molecule has 0 aliphatic rings. The highest BCUT2D eigenvalue weighted by Gasteiger charge is 2.15. The fraction of sp³-hybridized carbons (Fsp3) is 0.0952. The van der Waals surface area contributed by atoms with Crippen LogP contribution < -0.4 is 10.9 Å². The molecule has 140 valence electrons. The number of thiophene rings is 1. The van der Waals surface area contributed by atoms with E-state index in [0.29, 0.717) is 21.5 Å². The molecule has 0 bridgehead atoms.